The normalized spacial score (nSPS) is 13.1. The topological polar surface area (TPSA) is 50.6 Å². The van der Waals surface area contributed by atoms with Gasteiger partial charge in [0, 0.05) is 10.6 Å². The molecule has 0 aromatic heterocycles. The lowest BCUT2D eigenvalue weighted by Crippen LogP contribution is -3.09. The molecule has 0 aliphatic heterocycles. The van der Waals surface area contributed by atoms with Gasteiger partial charge in [-0.1, -0.05) is 60.1 Å². The molecule has 4 nitrogen and oxygen atoms in total. The van der Waals surface area contributed by atoms with E-state index in [0.717, 1.165) is 16.0 Å². The van der Waals surface area contributed by atoms with Crippen molar-refractivity contribution in [3.8, 4) is 0 Å². The predicted molar refractivity (Wildman–Crippen MR) is 99.7 cm³/mol. The van der Waals surface area contributed by atoms with Crippen LogP contribution in [0.2, 0.25) is 5.02 Å². The van der Waals surface area contributed by atoms with Crippen LogP contribution in [0, 0.1) is 0 Å². The van der Waals surface area contributed by atoms with E-state index in [1.165, 1.54) is 6.92 Å². The van der Waals surface area contributed by atoms with Crippen molar-refractivity contribution in [2.45, 2.75) is 25.9 Å². The molecule has 0 heterocycles. The molecule has 0 aliphatic carbocycles. The van der Waals surface area contributed by atoms with Crippen molar-refractivity contribution < 1.29 is 14.5 Å². The van der Waals surface area contributed by atoms with Crippen molar-refractivity contribution in [1.29, 1.82) is 0 Å². The molecule has 1 amide bonds. The Balaban J connectivity index is 1.90. The molecule has 2 N–H and O–H groups in total. The second-order valence-electron chi connectivity index (χ2n) is 6.32. The third kappa shape index (κ3) is 6.33. The molecular formula is C20H24ClN2O2+. The fourth-order valence-electron chi connectivity index (χ4n) is 2.70. The van der Waals surface area contributed by atoms with Gasteiger partial charge in [0.2, 0.25) is 0 Å². The first kappa shape index (κ1) is 19.2. The van der Waals surface area contributed by atoms with Gasteiger partial charge in [-0.3, -0.25) is 9.59 Å². The molecule has 2 aromatic rings. The number of likely N-dealkylation sites (N-methyl/N-ethyl adjacent to an activating group) is 1. The standard InChI is InChI=1S/C20H23ClN2O2/c1-15(24)19(12-16-8-4-3-5-9-16)22-20(25)14-23(2)13-17-10-6-7-11-18(17)21/h3-11,19H,12-14H2,1-2H3,(H,22,25)/p+1/t19-/m0/s1. The van der Waals surface area contributed by atoms with Gasteiger partial charge in [0.15, 0.2) is 12.3 Å². The van der Waals surface area contributed by atoms with E-state index in [2.05, 4.69) is 5.32 Å². The summed E-state index contributed by atoms with van der Waals surface area (Å²) in [5.41, 5.74) is 2.03. The summed E-state index contributed by atoms with van der Waals surface area (Å²) in [6.07, 6.45) is 0.505. The van der Waals surface area contributed by atoms with Gasteiger partial charge < -0.3 is 10.2 Å². The van der Waals surface area contributed by atoms with Gasteiger partial charge in [-0.2, -0.15) is 0 Å². The number of carbonyl (C=O) groups is 2. The average molecular weight is 360 g/mol. The minimum Gasteiger partial charge on any atom is -0.341 e. The smallest absolute Gasteiger partial charge is 0.275 e. The molecule has 0 saturated carbocycles. The van der Waals surface area contributed by atoms with Crippen LogP contribution in [0.5, 0.6) is 0 Å². The number of halogens is 1. The Morgan fingerprint density at radius 1 is 1.08 bits per heavy atom. The summed E-state index contributed by atoms with van der Waals surface area (Å²) in [6, 6.07) is 16.8. The van der Waals surface area contributed by atoms with E-state index in [-0.39, 0.29) is 18.2 Å². The quantitative estimate of drug-likeness (QED) is 0.753. The van der Waals surface area contributed by atoms with E-state index >= 15 is 0 Å². The Labute approximate surface area is 153 Å². The number of amides is 1. The van der Waals surface area contributed by atoms with Crippen molar-refractivity contribution >= 4 is 23.3 Å². The zero-order valence-electron chi connectivity index (χ0n) is 14.6. The third-order valence-corrected chi connectivity index (χ3v) is 4.39. The minimum absolute atomic E-state index is 0.0408. The van der Waals surface area contributed by atoms with Crippen molar-refractivity contribution in [2.75, 3.05) is 13.6 Å². The fourth-order valence-corrected chi connectivity index (χ4v) is 2.90. The van der Waals surface area contributed by atoms with E-state index in [1.54, 1.807) is 0 Å². The van der Waals surface area contributed by atoms with Gasteiger partial charge in [-0.05, 0) is 25.0 Å². The lowest BCUT2D eigenvalue weighted by molar-refractivity contribution is -0.885. The molecular weight excluding hydrogens is 336 g/mol. The molecule has 0 saturated heterocycles. The number of hydrogen-bond donors (Lipinski definition) is 2. The molecule has 25 heavy (non-hydrogen) atoms. The maximum Gasteiger partial charge on any atom is 0.275 e. The van der Waals surface area contributed by atoms with Gasteiger partial charge in [0.05, 0.1) is 13.1 Å². The fraction of sp³-hybridized carbons (Fsp3) is 0.300. The van der Waals surface area contributed by atoms with E-state index < -0.39 is 6.04 Å². The highest BCUT2D eigenvalue weighted by Gasteiger charge is 2.20. The van der Waals surface area contributed by atoms with Gasteiger partial charge in [0.25, 0.3) is 5.91 Å². The molecule has 5 heteroatoms. The van der Waals surface area contributed by atoms with Gasteiger partial charge in [0.1, 0.15) is 6.54 Å². The summed E-state index contributed by atoms with van der Waals surface area (Å²) in [5, 5.41) is 3.56. The minimum atomic E-state index is -0.497. The highest BCUT2D eigenvalue weighted by molar-refractivity contribution is 6.31. The van der Waals surface area contributed by atoms with Crippen LogP contribution in [-0.4, -0.2) is 31.3 Å². The van der Waals surface area contributed by atoms with Crippen LogP contribution < -0.4 is 10.2 Å². The predicted octanol–water partition coefficient (Wildman–Crippen LogP) is 1.67. The first-order valence-electron chi connectivity index (χ1n) is 8.34. The first-order valence-corrected chi connectivity index (χ1v) is 8.72. The third-order valence-electron chi connectivity index (χ3n) is 4.02. The van der Waals surface area contributed by atoms with Crippen LogP contribution in [0.3, 0.4) is 0 Å². The monoisotopic (exact) mass is 359 g/mol. The Morgan fingerprint density at radius 3 is 2.36 bits per heavy atom. The second-order valence-corrected chi connectivity index (χ2v) is 6.73. The number of Topliss-reactive ketones (excluding diaryl/α,β-unsaturated/α-hetero) is 1. The number of hydrogen-bond acceptors (Lipinski definition) is 2. The summed E-state index contributed by atoms with van der Waals surface area (Å²) >= 11 is 6.16. The lowest BCUT2D eigenvalue weighted by Gasteiger charge is -2.19. The van der Waals surface area contributed by atoms with Crippen molar-refractivity contribution in [3.05, 3.63) is 70.7 Å². The molecule has 0 spiro atoms. The molecule has 2 aromatic carbocycles. The van der Waals surface area contributed by atoms with Crippen LogP contribution in [-0.2, 0) is 22.6 Å². The summed E-state index contributed by atoms with van der Waals surface area (Å²) in [7, 11) is 1.93. The molecule has 2 atom stereocenters. The zero-order valence-corrected chi connectivity index (χ0v) is 15.3. The average Bonchev–Trinajstić information content (AvgIpc) is 2.57. The Morgan fingerprint density at radius 2 is 1.72 bits per heavy atom. The van der Waals surface area contributed by atoms with Crippen molar-refractivity contribution in [2.24, 2.45) is 0 Å². The van der Waals surface area contributed by atoms with Crippen LogP contribution in [0.15, 0.2) is 54.6 Å². The summed E-state index contributed by atoms with van der Waals surface area (Å²) in [5.74, 6) is -0.179. The molecule has 132 valence electrons. The second kappa shape index (κ2) is 9.35. The summed E-state index contributed by atoms with van der Waals surface area (Å²) in [6.45, 7) is 2.44. The summed E-state index contributed by atoms with van der Waals surface area (Å²) < 4.78 is 0. The van der Waals surface area contributed by atoms with Crippen molar-refractivity contribution in [3.63, 3.8) is 0 Å². The van der Waals surface area contributed by atoms with Gasteiger partial charge >= 0.3 is 0 Å². The first-order chi connectivity index (χ1) is 12.0. The van der Waals surface area contributed by atoms with E-state index in [0.29, 0.717) is 18.0 Å². The molecule has 0 aliphatic rings. The van der Waals surface area contributed by atoms with Crippen molar-refractivity contribution in [1.82, 2.24) is 5.32 Å². The molecule has 2 rings (SSSR count). The Bertz CT molecular complexity index is 719. The SMILES string of the molecule is CC(=O)[C@H](Cc1ccccc1)NC(=O)C[NH+](C)Cc1ccccc1Cl. The molecule has 0 radical (unpaired) electrons. The Kier molecular flexibility index (Phi) is 7.16. The number of quaternary nitrogens is 1. The molecule has 1 unspecified atom stereocenters. The highest BCUT2D eigenvalue weighted by atomic mass is 35.5. The zero-order chi connectivity index (χ0) is 18.2. The number of benzene rings is 2. The number of ketones is 1. The summed E-state index contributed by atoms with van der Waals surface area (Å²) in [4.78, 5) is 25.2. The number of rotatable bonds is 8. The number of carbonyl (C=O) groups excluding carboxylic acids is 2. The number of nitrogens with one attached hydrogen (secondary N) is 2. The van der Waals surface area contributed by atoms with Crippen LogP contribution in [0.1, 0.15) is 18.1 Å². The maximum absolute atomic E-state index is 12.3. The van der Waals surface area contributed by atoms with Crippen LogP contribution >= 0.6 is 11.6 Å². The van der Waals surface area contributed by atoms with Crippen LogP contribution in [0.25, 0.3) is 0 Å². The van der Waals surface area contributed by atoms with E-state index in [1.807, 2.05) is 61.6 Å². The highest BCUT2D eigenvalue weighted by Crippen LogP contribution is 2.13. The largest absolute Gasteiger partial charge is 0.341 e. The lowest BCUT2D eigenvalue weighted by atomic mass is 10.0. The van der Waals surface area contributed by atoms with Gasteiger partial charge in [-0.25, -0.2) is 0 Å². The molecule has 0 bridgehead atoms. The maximum atomic E-state index is 12.3. The van der Waals surface area contributed by atoms with E-state index in [9.17, 15) is 9.59 Å². The van der Waals surface area contributed by atoms with Gasteiger partial charge in [-0.15, -0.1) is 0 Å². The Hall–Kier alpha value is -2.17. The van der Waals surface area contributed by atoms with Crippen LogP contribution in [0.4, 0.5) is 0 Å². The van der Waals surface area contributed by atoms with E-state index in [4.69, 9.17) is 11.6 Å². The molecule has 0 fully saturated rings.